The molecule has 0 radical (unpaired) electrons. The van der Waals surface area contributed by atoms with Crippen molar-refractivity contribution >= 4 is 5.97 Å². The maximum absolute atomic E-state index is 11.3. The van der Waals surface area contributed by atoms with Crippen LogP contribution in [0.25, 0.3) is 0 Å². The van der Waals surface area contributed by atoms with Crippen molar-refractivity contribution in [3.8, 4) is 0 Å². The van der Waals surface area contributed by atoms with Gasteiger partial charge in [0, 0.05) is 6.04 Å². The Morgan fingerprint density at radius 1 is 1.62 bits per heavy atom. The number of nitrogens with two attached hydrogens (primary N) is 1. The van der Waals surface area contributed by atoms with Crippen LogP contribution < -0.4 is 5.73 Å². The number of hydrogen-bond donors (Lipinski definition) is 2. The molecule has 1 aliphatic rings. The van der Waals surface area contributed by atoms with E-state index in [1.165, 1.54) is 0 Å². The average molecular weight is 187 g/mol. The maximum atomic E-state index is 11.3. The van der Waals surface area contributed by atoms with Gasteiger partial charge in [-0.05, 0) is 26.2 Å². The first-order valence-corrected chi connectivity index (χ1v) is 4.75. The highest BCUT2D eigenvalue weighted by atomic mass is 16.5. The van der Waals surface area contributed by atoms with Crippen LogP contribution in [0.15, 0.2) is 0 Å². The summed E-state index contributed by atoms with van der Waals surface area (Å²) in [6.07, 6.45) is 1.38. The third kappa shape index (κ3) is 2.67. The molecule has 0 aromatic rings. The van der Waals surface area contributed by atoms with Crippen molar-refractivity contribution in [2.75, 3.05) is 6.61 Å². The summed E-state index contributed by atoms with van der Waals surface area (Å²) in [5, 5.41) is 9.33. The van der Waals surface area contributed by atoms with E-state index in [-0.39, 0.29) is 17.9 Å². The lowest BCUT2D eigenvalue weighted by Gasteiger charge is -2.29. The zero-order valence-corrected chi connectivity index (χ0v) is 7.90. The number of hydrogen-bond acceptors (Lipinski definition) is 4. The molecule has 3 N–H and O–H groups in total. The van der Waals surface area contributed by atoms with Crippen molar-refractivity contribution in [1.29, 1.82) is 0 Å². The highest BCUT2D eigenvalue weighted by Crippen LogP contribution is 2.24. The van der Waals surface area contributed by atoms with Crippen molar-refractivity contribution in [1.82, 2.24) is 0 Å². The summed E-state index contributed by atoms with van der Waals surface area (Å²) < 4.78 is 4.89. The Bertz CT molecular complexity index is 184. The lowest BCUT2D eigenvalue weighted by Crippen LogP contribution is -2.42. The number of aliphatic hydroxyl groups excluding tert-OH is 1. The van der Waals surface area contributed by atoms with E-state index in [0.717, 1.165) is 0 Å². The van der Waals surface area contributed by atoms with E-state index in [4.69, 9.17) is 10.5 Å². The second-order valence-corrected chi connectivity index (χ2v) is 3.49. The van der Waals surface area contributed by atoms with Gasteiger partial charge in [-0.25, -0.2) is 0 Å². The smallest absolute Gasteiger partial charge is 0.308 e. The highest BCUT2D eigenvalue weighted by Gasteiger charge is 2.31. The molecule has 1 saturated carbocycles. The van der Waals surface area contributed by atoms with Gasteiger partial charge in [-0.3, -0.25) is 4.79 Å². The highest BCUT2D eigenvalue weighted by molar-refractivity contribution is 5.72. The number of carbonyl (C=O) groups excluding carboxylic acids is 1. The van der Waals surface area contributed by atoms with Gasteiger partial charge in [0.2, 0.25) is 0 Å². The summed E-state index contributed by atoms with van der Waals surface area (Å²) in [5.74, 6) is -0.289. The number of ether oxygens (including phenoxy) is 1. The van der Waals surface area contributed by atoms with E-state index in [1.807, 2.05) is 0 Å². The first-order valence-electron chi connectivity index (χ1n) is 4.75. The molecule has 0 aliphatic heterocycles. The first kappa shape index (κ1) is 10.5. The quantitative estimate of drug-likeness (QED) is 0.598. The number of esters is 1. The molecule has 0 aromatic heterocycles. The molecular formula is C9H17NO3. The van der Waals surface area contributed by atoms with Crippen LogP contribution in [-0.4, -0.2) is 29.8 Å². The SMILES string of the molecule is CCOC(=O)C1CCC(O)C(N)C1. The molecule has 0 saturated heterocycles. The molecule has 3 atom stereocenters. The molecule has 0 aromatic carbocycles. The molecule has 0 amide bonds. The van der Waals surface area contributed by atoms with Gasteiger partial charge in [0.15, 0.2) is 0 Å². The van der Waals surface area contributed by atoms with Crippen LogP contribution >= 0.6 is 0 Å². The molecule has 0 heterocycles. The Labute approximate surface area is 78.1 Å². The van der Waals surface area contributed by atoms with Crippen LogP contribution in [-0.2, 0) is 9.53 Å². The molecular weight excluding hydrogens is 170 g/mol. The van der Waals surface area contributed by atoms with Crippen LogP contribution in [0, 0.1) is 5.92 Å². The number of carbonyl (C=O) groups is 1. The normalized spacial score (nSPS) is 34.2. The third-order valence-corrected chi connectivity index (χ3v) is 2.48. The van der Waals surface area contributed by atoms with Crippen molar-refractivity contribution < 1.29 is 14.6 Å². The van der Waals surface area contributed by atoms with Crippen LogP contribution in [0.2, 0.25) is 0 Å². The minimum Gasteiger partial charge on any atom is -0.466 e. The molecule has 13 heavy (non-hydrogen) atoms. The summed E-state index contributed by atoms with van der Waals surface area (Å²) in [6, 6.07) is -0.275. The van der Waals surface area contributed by atoms with E-state index >= 15 is 0 Å². The molecule has 0 bridgehead atoms. The van der Waals surface area contributed by atoms with Crippen molar-refractivity contribution in [2.45, 2.75) is 38.3 Å². The summed E-state index contributed by atoms with van der Waals surface area (Å²) in [5.41, 5.74) is 5.64. The van der Waals surface area contributed by atoms with Gasteiger partial charge in [-0.2, -0.15) is 0 Å². The Balaban J connectivity index is 2.40. The minimum absolute atomic E-state index is 0.113. The molecule has 1 aliphatic carbocycles. The molecule has 4 nitrogen and oxygen atoms in total. The Morgan fingerprint density at radius 2 is 2.31 bits per heavy atom. The van der Waals surface area contributed by atoms with Gasteiger partial charge < -0.3 is 15.6 Å². The minimum atomic E-state index is -0.453. The zero-order chi connectivity index (χ0) is 9.84. The van der Waals surface area contributed by atoms with E-state index in [1.54, 1.807) is 6.92 Å². The summed E-state index contributed by atoms with van der Waals surface area (Å²) in [4.78, 5) is 11.3. The Morgan fingerprint density at radius 3 is 2.85 bits per heavy atom. The zero-order valence-electron chi connectivity index (χ0n) is 7.90. The average Bonchev–Trinajstić information content (AvgIpc) is 2.10. The van der Waals surface area contributed by atoms with Crippen LogP contribution in [0.1, 0.15) is 26.2 Å². The number of rotatable bonds is 2. The summed E-state index contributed by atoms with van der Waals surface area (Å²) in [6.45, 7) is 2.20. The van der Waals surface area contributed by atoms with Gasteiger partial charge in [0.1, 0.15) is 0 Å². The maximum Gasteiger partial charge on any atom is 0.308 e. The van der Waals surface area contributed by atoms with E-state index in [0.29, 0.717) is 25.9 Å². The largest absolute Gasteiger partial charge is 0.466 e. The van der Waals surface area contributed by atoms with Crippen LogP contribution in [0.4, 0.5) is 0 Å². The molecule has 76 valence electrons. The lowest BCUT2D eigenvalue weighted by molar-refractivity contribution is -0.150. The third-order valence-electron chi connectivity index (χ3n) is 2.48. The van der Waals surface area contributed by atoms with Crippen molar-refractivity contribution in [3.05, 3.63) is 0 Å². The second kappa shape index (κ2) is 4.58. The van der Waals surface area contributed by atoms with E-state index in [2.05, 4.69) is 0 Å². The van der Waals surface area contributed by atoms with E-state index in [9.17, 15) is 9.90 Å². The second-order valence-electron chi connectivity index (χ2n) is 3.49. The molecule has 3 unspecified atom stereocenters. The van der Waals surface area contributed by atoms with Crippen LogP contribution in [0.3, 0.4) is 0 Å². The lowest BCUT2D eigenvalue weighted by atomic mass is 9.84. The molecule has 1 rings (SSSR count). The molecule has 4 heteroatoms. The topological polar surface area (TPSA) is 72.5 Å². The fourth-order valence-corrected chi connectivity index (χ4v) is 1.66. The predicted octanol–water partition coefficient (Wildman–Crippen LogP) is 0.0378. The number of aliphatic hydroxyl groups is 1. The van der Waals surface area contributed by atoms with Crippen LogP contribution in [0.5, 0.6) is 0 Å². The predicted molar refractivity (Wildman–Crippen MR) is 48.0 cm³/mol. The van der Waals surface area contributed by atoms with Gasteiger partial charge >= 0.3 is 5.97 Å². The van der Waals surface area contributed by atoms with Gasteiger partial charge in [-0.1, -0.05) is 0 Å². The Hall–Kier alpha value is -0.610. The Kier molecular flexibility index (Phi) is 3.69. The van der Waals surface area contributed by atoms with Crippen molar-refractivity contribution in [3.63, 3.8) is 0 Å². The molecule has 0 spiro atoms. The van der Waals surface area contributed by atoms with Gasteiger partial charge in [0.05, 0.1) is 18.6 Å². The summed E-state index contributed by atoms with van der Waals surface area (Å²) in [7, 11) is 0. The standard InChI is InChI=1S/C9H17NO3/c1-2-13-9(12)6-3-4-8(11)7(10)5-6/h6-8,11H,2-5,10H2,1H3. The monoisotopic (exact) mass is 187 g/mol. The summed E-state index contributed by atoms with van der Waals surface area (Å²) >= 11 is 0. The first-order chi connectivity index (χ1) is 6.15. The fraction of sp³-hybridized carbons (Fsp3) is 0.889. The van der Waals surface area contributed by atoms with Gasteiger partial charge in [0.25, 0.3) is 0 Å². The fourth-order valence-electron chi connectivity index (χ4n) is 1.66. The van der Waals surface area contributed by atoms with Crippen molar-refractivity contribution in [2.24, 2.45) is 11.7 Å². The van der Waals surface area contributed by atoms with Gasteiger partial charge in [-0.15, -0.1) is 0 Å². The molecule has 1 fully saturated rings. The van der Waals surface area contributed by atoms with E-state index < -0.39 is 6.10 Å².